The van der Waals surface area contributed by atoms with E-state index in [0.717, 1.165) is 37.3 Å². The first-order valence-electron chi connectivity index (χ1n) is 10.3. The fourth-order valence-electron chi connectivity index (χ4n) is 3.18. The van der Waals surface area contributed by atoms with E-state index in [1.165, 1.54) is 6.42 Å². The maximum atomic E-state index is 12.0. The van der Waals surface area contributed by atoms with Crippen LogP contribution >= 0.6 is 0 Å². The second-order valence-electron chi connectivity index (χ2n) is 6.88. The first-order valence-corrected chi connectivity index (χ1v) is 10.3. The van der Waals surface area contributed by atoms with Gasteiger partial charge in [-0.15, -0.1) is 0 Å². The fraction of sp³-hybridized carbons (Fsp3) is 0.435. The van der Waals surface area contributed by atoms with Gasteiger partial charge < -0.3 is 14.9 Å². The monoisotopic (exact) mass is 400 g/mol. The van der Waals surface area contributed by atoms with Crippen LogP contribution in [0, 0.1) is 0 Å². The van der Waals surface area contributed by atoms with Gasteiger partial charge in [-0.25, -0.2) is 9.69 Å². The lowest BCUT2D eigenvalue weighted by atomic mass is 10.1. The van der Waals surface area contributed by atoms with Crippen molar-refractivity contribution in [1.82, 2.24) is 4.90 Å². The van der Waals surface area contributed by atoms with Crippen LogP contribution in [0.2, 0.25) is 0 Å². The topological polar surface area (TPSA) is 73.2 Å². The van der Waals surface area contributed by atoms with E-state index in [4.69, 9.17) is 4.74 Å². The number of carbonyl (C=O) groups is 1. The van der Waals surface area contributed by atoms with Crippen molar-refractivity contribution in [3.8, 4) is 0 Å². The summed E-state index contributed by atoms with van der Waals surface area (Å²) < 4.78 is 5.10. The summed E-state index contributed by atoms with van der Waals surface area (Å²) in [6.07, 6.45) is 3.41. The molecule has 0 radical (unpaired) electrons. The largest absolute Gasteiger partial charge is 0.449 e. The van der Waals surface area contributed by atoms with E-state index in [-0.39, 0.29) is 6.09 Å². The Bertz CT molecular complexity index is 677. The predicted octanol–water partition coefficient (Wildman–Crippen LogP) is 4.50. The molecule has 1 saturated heterocycles. The number of amides is 1. The molecule has 0 aliphatic carbocycles. The lowest BCUT2D eigenvalue weighted by molar-refractivity contribution is -0.268. The van der Waals surface area contributed by atoms with Crippen LogP contribution in [0.4, 0.5) is 16.2 Å². The Morgan fingerprint density at radius 1 is 0.931 bits per heavy atom. The SMILES string of the molecule is CCC(O)(O)N1CCCCC1.CCOC(=O)N(c1ccccc1)c1ccccc1. The van der Waals surface area contributed by atoms with Crippen LogP contribution in [0.1, 0.15) is 39.5 Å². The highest BCUT2D eigenvalue weighted by atomic mass is 16.6. The summed E-state index contributed by atoms with van der Waals surface area (Å²) in [5, 5.41) is 18.9. The number of rotatable bonds is 5. The average molecular weight is 401 g/mol. The van der Waals surface area contributed by atoms with Crippen LogP contribution < -0.4 is 4.90 Å². The molecule has 6 heteroatoms. The molecule has 1 aliphatic rings. The Morgan fingerprint density at radius 2 is 1.41 bits per heavy atom. The highest BCUT2D eigenvalue weighted by molar-refractivity contribution is 5.95. The number of ether oxygens (including phenoxy) is 1. The molecule has 0 spiro atoms. The van der Waals surface area contributed by atoms with Gasteiger partial charge in [0, 0.05) is 19.5 Å². The molecule has 29 heavy (non-hydrogen) atoms. The molecule has 1 fully saturated rings. The minimum atomic E-state index is -1.56. The molecule has 1 amide bonds. The number of anilines is 2. The smallest absolute Gasteiger partial charge is 0.418 e. The van der Waals surface area contributed by atoms with E-state index in [9.17, 15) is 15.0 Å². The molecule has 6 nitrogen and oxygen atoms in total. The lowest BCUT2D eigenvalue weighted by Gasteiger charge is -2.36. The first kappa shape index (κ1) is 22.9. The van der Waals surface area contributed by atoms with Crippen molar-refractivity contribution >= 4 is 17.5 Å². The van der Waals surface area contributed by atoms with Crippen LogP contribution in [0.5, 0.6) is 0 Å². The van der Waals surface area contributed by atoms with Crippen LogP contribution in [0.15, 0.2) is 60.7 Å². The molecular formula is C23H32N2O4. The molecule has 0 atom stereocenters. The van der Waals surface area contributed by atoms with E-state index >= 15 is 0 Å². The summed E-state index contributed by atoms with van der Waals surface area (Å²) in [6, 6.07) is 18.9. The summed E-state index contributed by atoms with van der Waals surface area (Å²) in [7, 11) is 0. The van der Waals surface area contributed by atoms with E-state index in [2.05, 4.69) is 0 Å². The van der Waals surface area contributed by atoms with Crippen LogP contribution in [0.3, 0.4) is 0 Å². The standard InChI is InChI=1S/C15H15NO2.C8H17NO2/c1-2-18-15(17)16(13-9-5-3-6-10-13)14-11-7-4-8-12-14;1-2-8(10,11)9-6-4-3-5-7-9/h3-12H,2H2,1H3;10-11H,2-7H2,1H3. The Hall–Kier alpha value is -2.41. The predicted molar refractivity (Wildman–Crippen MR) is 115 cm³/mol. The second-order valence-corrected chi connectivity index (χ2v) is 6.88. The molecule has 0 unspecified atom stereocenters. The molecule has 3 rings (SSSR count). The third-order valence-corrected chi connectivity index (χ3v) is 4.82. The summed E-state index contributed by atoms with van der Waals surface area (Å²) >= 11 is 0. The number of hydrogen-bond donors (Lipinski definition) is 2. The third-order valence-electron chi connectivity index (χ3n) is 4.82. The van der Waals surface area contributed by atoms with Crippen LogP contribution in [-0.4, -0.2) is 46.8 Å². The van der Waals surface area contributed by atoms with Gasteiger partial charge in [0.1, 0.15) is 0 Å². The second kappa shape index (κ2) is 11.6. The molecule has 2 aromatic rings. The Balaban J connectivity index is 0.000000234. The number of benzene rings is 2. The Kier molecular flexibility index (Phi) is 9.12. The number of hydrogen-bond acceptors (Lipinski definition) is 5. The number of nitrogens with zero attached hydrogens (tertiary/aromatic N) is 2. The first-order chi connectivity index (χ1) is 14.0. The number of piperidine rings is 1. The molecule has 0 bridgehead atoms. The number of carbonyl (C=O) groups excluding carboxylic acids is 1. The van der Waals surface area contributed by atoms with E-state index in [0.29, 0.717) is 13.0 Å². The molecule has 2 N–H and O–H groups in total. The van der Waals surface area contributed by atoms with Gasteiger partial charge in [-0.2, -0.15) is 0 Å². The van der Waals surface area contributed by atoms with Crippen molar-refractivity contribution in [2.45, 2.75) is 45.4 Å². The summed E-state index contributed by atoms with van der Waals surface area (Å²) in [6.45, 7) is 5.58. The molecular weight excluding hydrogens is 368 g/mol. The van der Waals surface area contributed by atoms with E-state index in [1.807, 2.05) is 60.7 Å². The van der Waals surface area contributed by atoms with Crippen LogP contribution in [0.25, 0.3) is 0 Å². The van der Waals surface area contributed by atoms with Gasteiger partial charge >= 0.3 is 6.09 Å². The fourth-order valence-corrected chi connectivity index (χ4v) is 3.18. The van der Waals surface area contributed by atoms with Gasteiger partial charge in [0.15, 0.2) is 0 Å². The van der Waals surface area contributed by atoms with Crippen LogP contribution in [-0.2, 0) is 4.74 Å². The number of likely N-dealkylation sites (tertiary alicyclic amines) is 1. The van der Waals surface area contributed by atoms with Crippen molar-refractivity contribution in [3.63, 3.8) is 0 Å². The summed E-state index contributed by atoms with van der Waals surface area (Å²) in [5.74, 6) is -1.56. The number of para-hydroxylation sites is 2. The molecule has 158 valence electrons. The third kappa shape index (κ3) is 6.85. The van der Waals surface area contributed by atoms with Gasteiger partial charge in [0.2, 0.25) is 5.91 Å². The highest BCUT2D eigenvalue weighted by Gasteiger charge is 2.30. The zero-order valence-corrected chi connectivity index (χ0v) is 17.3. The molecule has 0 aromatic heterocycles. The van der Waals surface area contributed by atoms with Crippen molar-refractivity contribution in [1.29, 1.82) is 0 Å². The van der Waals surface area contributed by atoms with Gasteiger partial charge in [-0.1, -0.05) is 49.7 Å². The summed E-state index contributed by atoms with van der Waals surface area (Å²) in [4.78, 5) is 15.4. The van der Waals surface area contributed by atoms with Gasteiger partial charge in [0.05, 0.1) is 18.0 Å². The lowest BCUT2D eigenvalue weighted by Crippen LogP contribution is -2.50. The molecule has 1 aliphatic heterocycles. The Labute approximate surface area is 173 Å². The summed E-state index contributed by atoms with van der Waals surface area (Å²) in [5.41, 5.74) is 1.59. The molecule has 0 saturated carbocycles. The van der Waals surface area contributed by atoms with Gasteiger partial charge in [-0.05, 0) is 44.0 Å². The normalized spacial score (nSPS) is 14.5. The average Bonchev–Trinajstić information content (AvgIpc) is 2.77. The number of aliphatic hydroxyl groups is 2. The quantitative estimate of drug-likeness (QED) is 0.723. The highest BCUT2D eigenvalue weighted by Crippen LogP contribution is 2.25. The zero-order chi connectivity index (χ0) is 21.1. The van der Waals surface area contributed by atoms with E-state index in [1.54, 1.807) is 23.6 Å². The maximum absolute atomic E-state index is 12.0. The Morgan fingerprint density at radius 3 is 1.83 bits per heavy atom. The van der Waals surface area contributed by atoms with Gasteiger partial charge in [0.25, 0.3) is 0 Å². The minimum absolute atomic E-state index is 0.356. The molecule has 2 aromatic carbocycles. The van der Waals surface area contributed by atoms with Crippen molar-refractivity contribution in [3.05, 3.63) is 60.7 Å². The van der Waals surface area contributed by atoms with Crippen molar-refractivity contribution < 1.29 is 19.7 Å². The van der Waals surface area contributed by atoms with Crippen molar-refractivity contribution in [2.75, 3.05) is 24.6 Å². The minimum Gasteiger partial charge on any atom is -0.449 e. The maximum Gasteiger partial charge on any atom is 0.418 e. The van der Waals surface area contributed by atoms with Crippen molar-refractivity contribution in [2.24, 2.45) is 0 Å². The van der Waals surface area contributed by atoms with E-state index < -0.39 is 5.91 Å². The van der Waals surface area contributed by atoms with Gasteiger partial charge in [-0.3, -0.25) is 4.90 Å². The zero-order valence-electron chi connectivity index (χ0n) is 17.3. The molecule has 1 heterocycles.